The normalized spacial score (nSPS) is 42.3. The van der Waals surface area contributed by atoms with E-state index in [1.807, 2.05) is 0 Å². The number of primary amides is 1. The number of piperidine rings is 1. The van der Waals surface area contributed by atoms with Crippen LogP contribution in [-0.2, 0) is 9.59 Å². The Kier molecular flexibility index (Phi) is 4.05. The van der Waals surface area contributed by atoms with Gasteiger partial charge in [-0.1, -0.05) is 0 Å². The lowest BCUT2D eigenvalue weighted by Gasteiger charge is -2.59. The Labute approximate surface area is 146 Å². The van der Waals surface area contributed by atoms with Gasteiger partial charge in [0.15, 0.2) is 0 Å². The van der Waals surface area contributed by atoms with Gasteiger partial charge in [-0.05, 0) is 62.8 Å². The van der Waals surface area contributed by atoms with Crippen molar-refractivity contribution in [1.29, 1.82) is 0 Å². The summed E-state index contributed by atoms with van der Waals surface area (Å²) in [6.45, 7) is 0.127. The molecule has 0 aromatic rings. The third kappa shape index (κ3) is 3.04. The molecule has 5 aliphatic rings. The van der Waals surface area contributed by atoms with Crippen molar-refractivity contribution in [2.45, 2.75) is 56.9 Å². The highest BCUT2D eigenvalue weighted by Gasteiger charge is 2.60. The highest BCUT2D eigenvalue weighted by atomic mass is 19.3. The smallest absolute Gasteiger partial charge is 0.260 e. The summed E-state index contributed by atoms with van der Waals surface area (Å²) in [6.07, 6.45) is 5.08. The highest BCUT2D eigenvalue weighted by molar-refractivity contribution is 5.85. The van der Waals surface area contributed by atoms with E-state index in [-0.39, 0.29) is 37.4 Å². The molecule has 3 N–H and O–H groups in total. The van der Waals surface area contributed by atoms with Crippen LogP contribution in [0.1, 0.15) is 44.9 Å². The lowest BCUT2D eigenvalue weighted by Crippen LogP contribution is -2.67. The monoisotopic (exact) mass is 355 g/mol. The number of halogens is 2. The van der Waals surface area contributed by atoms with E-state index in [1.54, 1.807) is 0 Å². The van der Waals surface area contributed by atoms with Crippen LogP contribution < -0.4 is 11.1 Å². The zero-order valence-corrected chi connectivity index (χ0v) is 14.5. The quantitative estimate of drug-likeness (QED) is 0.803. The summed E-state index contributed by atoms with van der Waals surface area (Å²) < 4.78 is 27.1. The molecule has 1 aliphatic heterocycles. The zero-order valence-electron chi connectivity index (χ0n) is 14.5. The minimum atomic E-state index is -2.71. The Morgan fingerprint density at radius 2 is 1.84 bits per heavy atom. The molecule has 3 unspecified atom stereocenters. The third-order valence-electron chi connectivity index (χ3n) is 6.96. The minimum Gasteiger partial charge on any atom is -0.369 e. The van der Waals surface area contributed by atoms with E-state index in [0.29, 0.717) is 30.7 Å². The van der Waals surface area contributed by atoms with E-state index < -0.39 is 11.3 Å². The predicted molar refractivity (Wildman–Crippen MR) is 87.7 cm³/mol. The first-order valence-corrected chi connectivity index (χ1v) is 9.47. The number of alkyl halides is 2. The van der Waals surface area contributed by atoms with Gasteiger partial charge in [0, 0.05) is 12.5 Å². The van der Waals surface area contributed by atoms with Crippen molar-refractivity contribution < 1.29 is 18.4 Å². The van der Waals surface area contributed by atoms with E-state index in [0.717, 1.165) is 25.7 Å². The minimum absolute atomic E-state index is 0.0273. The molecule has 5 fully saturated rings. The van der Waals surface area contributed by atoms with Gasteiger partial charge in [0.25, 0.3) is 5.92 Å². The number of hydrogen-bond acceptors (Lipinski definition) is 3. The summed E-state index contributed by atoms with van der Waals surface area (Å²) in [5, 5.41) is 3.03. The fourth-order valence-corrected chi connectivity index (χ4v) is 6.25. The summed E-state index contributed by atoms with van der Waals surface area (Å²) in [4.78, 5) is 26.3. The van der Waals surface area contributed by atoms with Crippen molar-refractivity contribution in [3.63, 3.8) is 0 Å². The zero-order chi connectivity index (χ0) is 17.8. The molecule has 7 heteroatoms. The highest BCUT2D eigenvalue weighted by Crippen LogP contribution is 2.59. The molecular weight excluding hydrogens is 328 g/mol. The lowest BCUT2D eigenvalue weighted by atomic mass is 9.47. The number of nitrogens with two attached hydrogens (primary N) is 1. The number of amides is 2. The summed E-state index contributed by atoms with van der Waals surface area (Å²) in [5.74, 6) is -1.89. The summed E-state index contributed by atoms with van der Waals surface area (Å²) in [6, 6.07) is -0.226. The maximum atomic E-state index is 13.5. The number of rotatable bonds is 4. The van der Waals surface area contributed by atoms with Crippen molar-refractivity contribution in [2.24, 2.45) is 28.9 Å². The molecule has 25 heavy (non-hydrogen) atoms. The standard InChI is InChI=1S/C18H27F2N3O2/c19-18(20)2-1-3-23(10-18)9-14(24)22-15-13-5-11-4-12(6-13)8-17(15,7-11)16(21)25/h11-13,15H,1-10H2,(H2,21,25)(H,22,24). The maximum absolute atomic E-state index is 13.5. The maximum Gasteiger partial charge on any atom is 0.260 e. The second-order valence-corrected chi connectivity index (χ2v) is 8.84. The molecule has 0 spiro atoms. The van der Waals surface area contributed by atoms with E-state index in [2.05, 4.69) is 5.32 Å². The van der Waals surface area contributed by atoms with Crippen LogP contribution in [-0.4, -0.2) is 48.3 Å². The van der Waals surface area contributed by atoms with Crippen LogP contribution in [0.5, 0.6) is 0 Å². The molecule has 5 rings (SSSR count). The molecule has 4 bridgehead atoms. The topological polar surface area (TPSA) is 75.4 Å². The van der Waals surface area contributed by atoms with Crippen LogP contribution >= 0.6 is 0 Å². The molecule has 2 amide bonds. The first kappa shape index (κ1) is 17.2. The van der Waals surface area contributed by atoms with Gasteiger partial charge in [0.2, 0.25) is 11.8 Å². The van der Waals surface area contributed by atoms with Crippen molar-refractivity contribution in [3.05, 3.63) is 0 Å². The van der Waals surface area contributed by atoms with E-state index in [4.69, 9.17) is 5.73 Å². The number of hydrogen-bond donors (Lipinski definition) is 2. The van der Waals surface area contributed by atoms with Crippen molar-refractivity contribution in [1.82, 2.24) is 10.2 Å². The molecule has 3 atom stereocenters. The predicted octanol–water partition coefficient (Wildman–Crippen LogP) is 1.51. The Morgan fingerprint density at radius 1 is 1.16 bits per heavy atom. The van der Waals surface area contributed by atoms with Gasteiger partial charge in [-0.15, -0.1) is 0 Å². The molecule has 0 aromatic carbocycles. The summed E-state index contributed by atoms with van der Waals surface area (Å²) in [5.41, 5.74) is 5.15. The Hall–Kier alpha value is -1.24. The molecule has 1 saturated heterocycles. The van der Waals surface area contributed by atoms with Crippen LogP contribution in [0, 0.1) is 23.2 Å². The van der Waals surface area contributed by atoms with Crippen molar-refractivity contribution >= 4 is 11.8 Å². The first-order valence-electron chi connectivity index (χ1n) is 9.47. The molecule has 0 radical (unpaired) electrons. The van der Waals surface area contributed by atoms with Crippen LogP contribution in [0.2, 0.25) is 0 Å². The number of likely N-dealkylation sites (tertiary alicyclic amines) is 1. The van der Waals surface area contributed by atoms with Crippen molar-refractivity contribution in [2.75, 3.05) is 19.6 Å². The largest absolute Gasteiger partial charge is 0.369 e. The van der Waals surface area contributed by atoms with Crippen molar-refractivity contribution in [3.8, 4) is 0 Å². The first-order chi connectivity index (χ1) is 11.8. The second kappa shape index (κ2) is 5.89. The van der Waals surface area contributed by atoms with Gasteiger partial charge in [-0.25, -0.2) is 8.78 Å². The fourth-order valence-electron chi connectivity index (χ4n) is 6.25. The van der Waals surface area contributed by atoms with E-state index in [9.17, 15) is 18.4 Å². The second-order valence-electron chi connectivity index (χ2n) is 8.84. The molecular formula is C18H27F2N3O2. The van der Waals surface area contributed by atoms with E-state index >= 15 is 0 Å². The van der Waals surface area contributed by atoms with Gasteiger partial charge in [-0.2, -0.15) is 0 Å². The van der Waals surface area contributed by atoms with Crippen LogP contribution in [0.25, 0.3) is 0 Å². The SMILES string of the molecule is NC(=O)C12CC3CC(CC(C3)C1NC(=O)CN1CCCC(F)(F)C1)C2. The number of nitrogens with zero attached hydrogens (tertiary/aromatic N) is 1. The average molecular weight is 355 g/mol. The number of carbonyl (C=O) groups is 2. The lowest BCUT2D eigenvalue weighted by molar-refractivity contribution is -0.152. The Morgan fingerprint density at radius 3 is 2.44 bits per heavy atom. The molecule has 4 saturated carbocycles. The van der Waals surface area contributed by atoms with Crippen LogP contribution in [0.15, 0.2) is 0 Å². The van der Waals surface area contributed by atoms with Gasteiger partial charge < -0.3 is 11.1 Å². The van der Waals surface area contributed by atoms with E-state index in [1.165, 1.54) is 11.3 Å². The average Bonchev–Trinajstić information content (AvgIpc) is 2.49. The van der Waals surface area contributed by atoms with Gasteiger partial charge in [0.05, 0.1) is 18.5 Å². The molecule has 5 nitrogen and oxygen atoms in total. The molecule has 1 heterocycles. The number of carbonyl (C=O) groups excluding carboxylic acids is 2. The summed E-state index contributed by atoms with van der Waals surface area (Å²) in [7, 11) is 0. The molecule has 0 aromatic heterocycles. The molecule has 140 valence electrons. The van der Waals surface area contributed by atoms with Gasteiger partial charge in [-0.3, -0.25) is 14.5 Å². The summed E-state index contributed by atoms with van der Waals surface area (Å²) >= 11 is 0. The Balaban J connectivity index is 1.44. The number of nitrogens with one attached hydrogen (secondary N) is 1. The fraction of sp³-hybridized carbons (Fsp3) is 0.889. The Bertz CT molecular complexity index is 569. The van der Waals surface area contributed by atoms with Crippen LogP contribution in [0.3, 0.4) is 0 Å². The molecule has 4 aliphatic carbocycles. The van der Waals surface area contributed by atoms with Gasteiger partial charge >= 0.3 is 0 Å². The van der Waals surface area contributed by atoms with Crippen LogP contribution in [0.4, 0.5) is 8.78 Å². The van der Waals surface area contributed by atoms with Gasteiger partial charge in [0.1, 0.15) is 0 Å². The third-order valence-corrected chi connectivity index (χ3v) is 6.96.